The molecule has 0 radical (unpaired) electrons. The minimum absolute atomic E-state index is 0.333. The number of H-pyrrole nitrogens is 1. The fraction of sp³-hybridized carbons (Fsp3) is 0.0833. The number of methoxy groups -OCH3 is 1. The van der Waals surface area contributed by atoms with Crippen LogP contribution in [0.5, 0.6) is 0 Å². The first-order chi connectivity index (χ1) is 7.72. The Bertz CT molecular complexity index is 519. The number of aromatic amines is 1. The second kappa shape index (κ2) is 4.18. The van der Waals surface area contributed by atoms with Crippen molar-refractivity contribution in [2.24, 2.45) is 0 Å². The molecule has 0 aliphatic heterocycles. The van der Waals surface area contributed by atoms with Crippen LogP contribution in [0.1, 0.15) is 10.4 Å². The van der Waals surface area contributed by atoms with Gasteiger partial charge in [-0.1, -0.05) is 12.1 Å². The first-order valence-corrected chi connectivity index (χ1v) is 4.74. The molecule has 0 aliphatic carbocycles. The molecule has 0 unspecified atom stereocenters. The summed E-state index contributed by atoms with van der Waals surface area (Å²) in [6, 6.07) is 7.92. The van der Waals surface area contributed by atoms with Crippen molar-refractivity contribution in [3.05, 3.63) is 47.9 Å². The van der Waals surface area contributed by atoms with Crippen molar-refractivity contribution in [3.63, 3.8) is 0 Å². The average molecular weight is 219 g/mol. The molecule has 0 saturated heterocycles. The number of carbonyl (C=O) groups excluding carboxylic acids is 1. The van der Waals surface area contributed by atoms with E-state index in [4.69, 9.17) is 0 Å². The zero-order valence-electron chi connectivity index (χ0n) is 8.66. The van der Waals surface area contributed by atoms with Crippen molar-refractivity contribution < 1.29 is 13.9 Å². The highest BCUT2D eigenvalue weighted by Gasteiger charge is 2.11. The lowest BCUT2D eigenvalue weighted by Crippen LogP contribution is -1.98. The van der Waals surface area contributed by atoms with Crippen molar-refractivity contribution >= 4 is 5.97 Å². The summed E-state index contributed by atoms with van der Waals surface area (Å²) in [5, 5.41) is 0. The predicted octanol–water partition coefficient (Wildman–Crippen LogP) is 2.61. The molecular formula is C12H10FNO2. The molecule has 0 fully saturated rings. The van der Waals surface area contributed by atoms with E-state index in [0.717, 1.165) is 0 Å². The average Bonchev–Trinajstić information content (AvgIpc) is 2.78. The molecule has 16 heavy (non-hydrogen) atoms. The van der Waals surface area contributed by atoms with E-state index in [2.05, 4.69) is 9.72 Å². The number of ether oxygens (including phenoxy) is 1. The largest absolute Gasteiger partial charge is 0.465 e. The normalized spacial score (nSPS) is 10.1. The lowest BCUT2D eigenvalue weighted by molar-refractivity contribution is 0.0601. The van der Waals surface area contributed by atoms with Gasteiger partial charge >= 0.3 is 5.97 Å². The van der Waals surface area contributed by atoms with E-state index >= 15 is 0 Å². The monoisotopic (exact) mass is 219 g/mol. The molecule has 0 bridgehead atoms. The van der Waals surface area contributed by atoms with Crippen LogP contribution in [0, 0.1) is 5.82 Å². The number of esters is 1. The van der Waals surface area contributed by atoms with E-state index < -0.39 is 5.97 Å². The first kappa shape index (κ1) is 10.4. The number of benzene rings is 1. The lowest BCUT2D eigenvalue weighted by atomic mass is 10.1. The SMILES string of the molecule is COC(=O)c1c[nH]c(-c2ccccc2F)c1. The van der Waals surface area contributed by atoms with Gasteiger partial charge in [0.1, 0.15) is 5.82 Å². The molecule has 0 spiro atoms. The molecule has 1 heterocycles. The van der Waals surface area contributed by atoms with E-state index in [1.54, 1.807) is 24.3 Å². The van der Waals surface area contributed by atoms with Crippen molar-refractivity contribution in [2.75, 3.05) is 7.11 Å². The zero-order chi connectivity index (χ0) is 11.5. The van der Waals surface area contributed by atoms with Crippen molar-refractivity contribution in [2.45, 2.75) is 0 Å². The van der Waals surface area contributed by atoms with Gasteiger partial charge in [-0.2, -0.15) is 0 Å². The number of rotatable bonds is 2. The molecule has 0 aliphatic rings. The fourth-order valence-corrected chi connectivity index (χ4v) is 1.47. The molecule has 0 saturated carbocycles. The Kier molecular flexibility index (Phi) is 2.72. The number of hydrogen-bond acceptors (Lipinski definition) is 2. The fourth-order valence-electron chi connectivity index (χ4n) is 1.47. The molecule has 2 aromatic rings. The lowest BCUT2D eigenvalue weighted by Gasteiger charge is -1.98. The van der Waals surface area contributed by atoms with Gasteiger partial charge in [0.15, 0.2) is 0 Å². The molecule has 1 N–H and O–H groups in total. The van der Waals surface area contributed by atoms with Gasteiger partial charge in [0.2, 0.25) is 0 Å². The van der Waals surface area contributed by atoms with Crippen LogP contribution in [-0.2, 0) is 4.74 Å². The van der Waals surface area contributed by atoms with Gasteiger partial charge in [0.05, 0.1) is 12.7 Å². The quantitative estimate of drug-likeness (QED) is 0.789. The maximum absolute atomic E-state index is 13.4. The van der Waals surface area contributed by atoms with Gasteiger partial charge in [0, 0.05) is 17.5 Å². The van der Waals surface area contributed by atoms with Gasteiger partial charge in [-0.25, -0.2) is 9.18 Å². The summed E-state index contributed by atoms with van der Waals surface area (Å²) < 4.78 is 18.0. The van der Waals surface area contributed by atoms with Crippen LogP contribution in [0.2, 0.25) is 0 Å². The topological polar surface area (TPSA) is 42.1 Å². The van der Waals surface area contributed by atoms with Gasteiger partial charge in [-0.15, -0.1) is 0 Å². The smallest absolute Gasteiger partial charge is 0.339 e. The highest BCUT2D eigenvalue weighted by atomic mass is 19.1. The number of aromatic nitrogens is 1. The third-order valence-corrected chi connectivity index (χ3v) is 2.27. The van der Waals surface area contributed by atoms with Gasteiger partial charge in [-0.3, -0.25) is 0 Å². The van der Waals surface area contributed by atoms with E-state index in [-0.39, 0.29) is 5.82 Å². The summed E-state index contributed by atoms with van der Waals surface area (Å²) in [7, 11) is 1.30. The molecule has 1 aromatic heterocycles. The molecule has 2 rings (SSSR count). The highest BCUT2D eigenvalue weighted by molar-refractivity contribution is 5.90. The molecule has 0 amide bonds. The van der Waals surface area contributed by atoms with Crippen LogP contribution in [0.25, 0.3) is 11.3 Å². The third-order valence-electron chi connectivity index (χ3n) is 2.27. The third kappa shape index (κ3) is 1.82. The van der Waals surface area contributed by atoms with Crippen molar-refractivity contribution in [1.29, 1.82) is 0 Å². The van der Waals surface area contributed by atoms with E-state index in [0.29, 0.717) is 16.8 Å². The minimum atomic E-state index is -0.446. The van der Waals surface area contributed by atoms with Crippen LogP contribution in [-0.4, -0.2) is 18.1 Å². The molecule has 4 heteroatoms. The number of carbonyl (C=O) groups is 1. The molecule has 3 nitrogen and oxygen atoms in total. The van der Waals surface area contributed by atoms with Crippen LogP contribution < -0.4 is 0 Å². The van der Waals surface area contributed by atoms with Gasteiger partial charge in [-0.05, 0) is 18.2 Å². The number of halogens is 1. The van der Waals surface area contributed by atoms with Crippen LogP contribution in [0.3, 0.4) is 0 Å². The van der Waals surface area contributed by atoms with E-state index in [1.165, 1.54) is 19.4 Å². The second-order valence-corrected chi connectivity index (χ2v) is 3.27. The van der Waals surface area contributed by atoms with Crippen molar-refractivity contribution in [1.82, 2.24) is 4.98 Å². The van der Waals surface area contributed by atoms with E-state index in [9.17, 15) is 9.18 Å². The van der Waals surface area contributed by atoms with Gasteiger partial charge in [0.25, 0.3) is 0 Å². The molecular weight excluding hydrogens is 209 g/mol. The first-order valence-electron chi connectivity index (χ1n) is 4.74. The van der Waals surface area contributed by atoms with Crippen LogP contribution in [0.4, 0.5) is 4.39 Å². The van der Waals surface area contributed by atoms with Gasteiger partial charge < -0.3 is 9.72 Å². The summed E-state index contributed by atoms with van der Waals surface area (Å²) in [4.78, 5) is 14.0. The van der Waals surface area contributed by atoms with Crippen LogP contribution in [0.15, 0.2) is 36.5 Å². The molecule has 0 atom stereocenters. The number of hydrogen-bond donors (Lipinski definition) is 1. The number of nitrogens with one attached hydrogen (secondary N) is 1. The Labute approximate surface area is 91.9 Å². The standard InChI is InChI=1S/C12H10FNO2/c1-16-12(15)8-6-11(14-7-8)9-4-2-3-5-10(9)13/h2-7,14H,1H3. The summed E-state index contributed by atoms with van der Waals surface area (Å²) in [5.41, 5.74) is 1.36. The van der Waals surface area contributed by atoms with E-state index in [1.807, 2.05) is 0 Å². The Morgan fingerprint density at radius 3 is 2.81 bits per heavy atom. The summed E-state index contributed by atoms with van der Waals surface area (Å²) >= 11 is 0. The molecule has 82 valence electrons. The van der Waals surface area contributed by atoms with Crippen molar-refractivity contribution in [3.8, 4) is 11.3 Å². The predicted molar refractivity (Wildman–Crippen MR) is 57.5 cm³/mol. The second-order valence-electron chi connectivity index (χ2n) is 3.27. The maximum atomic E-state index is 13.4. The Hall–Kier alpha value is -2.10. The maximum Gasteiger partial charge on any atom is 0.339 e. The Balaban J connectivity index is 2.39. The Morgan fingerprint density at radius 1 is 1.38 bits per heavy atom. The van der Waals surface area contributed by atoms with Crippen LogP contribution >= 0.6 is 0 Å². The Morgan fingerprint density at radius 2 is 2.12 bits per heavy atom. The highest BCUT2D eigenvalue weighted by Crippen LogP contribution is 2.22. The zero-order valence-corrected chi connectivity index (χ0v) is 8.66. The summed E-state index contributed by atoms with van der Waals surface area (Å²) in [5.74, 6) is -0.778. The summed E-state index contributed by atoms with van der Waals surface area (Å²) in [6.07, 6.45) is 1.49. The summed E-state index contributed by atoms with van der Waals surface area (Å²) in [6.45, 7) is 0. The minimum Gasteiger partial charge on any atom is -0.465 e. The molecule has 1 aromatic carbocycles.